The third-order valence-corrected chi connectivity index (χ3v) is 4.27. The number of hydrogen-bond donors (Lipinski definition) is 1. The molecule has 0 radical (unpaired) electrons. The van der Waals surface area contributed by atoms with Crippen molar-refractivity contribution in [2.24, 2.45) is 0 Å². The Bertz CT molecular complexity index is 692. The molecular weight excluding hydrogens is 280 g/mol. The highest BCUT2D eigenvalue weighted by molar-refractivity contribution is 7.15. The summed E-state index contributed by atoms with van der Waals surface area (Å²) < 4.78 is 5.05. The number of ether oxygens (including phenoxy) is 1. The van der Waals surface area contributed by atoms with E-state index in [-0.39, 0.29) is 0 Å². The van der Waals surface area contributed by atoms with Crippen LogP contribution in [-0.4, -0.2) is 12.1 Å². The number of nitrogens with one attached hydrogen (secondary N) is 1. The second kappa shape index (κ2) is 6.41. The summed E-state index contributed by atoms with van der Waals surface area (Å²) >= 11 is 1.81. The molecule has 3 nitrogen and oxygen atoms in total. The van der Waals surface area contributed by atoms with Crippen LogP contribution in [0.25, 0.3) is 10.4 Å². The maximum atomic E-state index is 5.05. The molecule has 0 aliphatic heterocycles. The van der Waals surface area contributed by atoms with Gasteiger partial charge in [-0.05, 0) is 23.8 Å². The number of hydrogen-bond acceptors (Lipinski definition) is 4. The molecule has 0 atom stereocenters. The van der Waals surface area contributed by atoms with Crippen molar-refractivity contribution in [1.29, 1.82) is 0 Å². The van der Waals surface area contributed by atoms with Crippen LogP contribution in [-0.2, 0) is 6.54 Å². The number of aromatic nitrogens is 1. The minimum absolute atomic E-state index is 0.628. The highest BCUT2D eigenvalue weighted by Gasteiger charge is 2.02. The zero-order valence-electron chi connectivity index (χ0n) is 11.7. The van der Waals surface area contributed by atoms with Crippen LogP contribution in [0, 0.1) is 0 Å². The third-order valence-electron chi connectivity index (χ3n) is 3.13. The predicted molar refractivity (Wildman–Crippen MR) is 87.9 cm³/mol. The molecule has 1 N–H and O–H groups in total. The van der Waals surface area contributed by atoms with Gasteiger partial charge in [-0.3, -0.25) is 0 Å². The Kier molecular flexibility index (Phi) is 4.17. The zero-order chi connectivity index (χ0) is 14.5. The van der Waals surface area contributed by atoms with Gasteiger partial charge in [0.05, 0.1) is 19.0 Å². The van der Waals surface area contributed by atoms with E-state index < -0.39 is 0 Å². The first-order valence-electron chi connectivity index (χ1n) is 6.73. The smallest absolute Gasteiger partial charge is 0.213 e. The molecule has 2 heterocycles. The lowest BCUT2D eigenvalue weighted by Gasteiger charge is -2.05. The predicted octanol–water partition coefficient (Wildman–Crippen LogP) is 4.43. The van der Waals surface area contributed by atoms with Gasteiger partial charge >= 0.3 is 0 Å². The Hall–Kier alpha value is -2.33. The molecule has 0 saturated carbocycles. The van der Waals surface area contributed by atoms with Crippen LogP contribution < -0.4 is 10.1 Å². The second-order valence-electron chi connectivity index (χ2n) is 4.57. The topological polar surface area (TPSA) is 34.1 Å². The summed E-state index contributed by atoms with van der Waals surface area (Å²) in [5, 5.41) is 3.37. The van der Waals surface area contributed by atoms with Crippen LogP contribution in [0.3, 0.4) is 0 Å². The number of thiophene rings is 1. The van der Waals surface area contributed by atoms with Crippen molar-refractivity contribution in [2.75, 3.05) is 12.4 Å². The van der Waals surface area contributed by atoms with Crippen molar-refractivity contribution in [3.63, 3.8) is 0 Å². The minimum Gasteiger partial charge on any atom is -0.481 e. The van der Waals surface area contributed by atoms with Crippen LogP contribution in [0.5, 0.6) is 5.88 Å². The maximum Gasteiger partial charge on any atom is 0.213 e. The third kappa shape index (κ3) is 3.41. The molecule has 0 aliphatic rings. The second-order valence-corrected chi connectivity index (χ2v) is 5.74. The van der Waals surface area contributed by atoms with E-state index in [2.05, 4.69) is 46.7 Å². The Balaban J connectivity index is 1.64. The molecule has 106 valence electrons. The van der Waals surface area contributed by atoms with Gasteiger partial charge in [-0.25, -0.2) is 4.98 Å². The van der Waals surface area contributed by atoms with E-state index in [0.717, 1.165) is 12.2 Å². The van der Waals surface area contributed by atoms with E-state index in [4.69, 9.17) is 4.74 Å². The average Bonchev–Trinajstić information content (AvgIpc) is 3.03. The lowest BCUT2D eigenvalue weighted by atomic mass is 10.2. The number of methoxy groups -OCH3 is 1. The summed E-state index contributed by atoms with van der Waals surface area (Å²) in [5.41, 5.74) is 2.25. The molecule has 0 amide bonds. The van der Waals surface area contributed by atoms with E-state index in [9.17, 15) is 0 Å². The van der Waals surface area contributed by atoms with Crippen molar-refractivity contribution < 1.29 is 4.74 Å². The Labute approximate surface area is 128 Å². The van der Waals surface area contributed by atoms with Crippen molar-refractivity contribution in [2.45, 2.75) is 6.54 Å². The molecule has 0 aliphatic carbocycles. The lowest BCUT2D eigenvalue weighted by molar-refractivity contribution is 0.398. The molecule has 0 saturated heterocycles. The van der Waals surface area contributed by atoms with Crippen molar-refractivity contribution in [1.82, 2.24) is 4.98 Å². The van der Waals surface area contributed by atoms with Crippen LogP contribution in [0.2, 0.25) is 0 Å². The fourth-order valence-electron chi connectivity index (χ4n) is 2.03. The highest BCUT2D eigenvalue weighted by atomic mass is 32.1. The summed E-state index contributed by atoms with van der Waals surface area (Å²) in [6, 6.07) is 18.6. The number of pyridine rings is 1. The van der Waals surface area contributed by atoms with Crippen molar-refractivity contribution >= 4 is 17.0 Å². The van der Waals surface area contributed by atoms with E-state index in [1.54, 1.807) is 24.6 Å². The monoisotopic (exact) mass is 296 g/mol. The summed E-state index contributed by atoms with van der Waals surface area (Å²) in [4.78, 5) is 6.77. The molecule has 0 spiro atoms. The summed E-state index contributed by atoms with van der Waals surface area (Å²) in [6.07, 6.45) is 1.78. The van der Waals surface area contributed by atoms with Crippen LogP contribution in [0.15, 0.2) is 60.8 Å². The molecule has 3 rings (SSSR count). The molecule has 0 unspecified atom stereocenters. The Morgan fingerprint density at radius 1 is 1.05 bits per heavy atom. The molecular formula is C17H16N2OS. The molecule has 0 bridgehead atoms. The SMILES string of the molecule is COc1ccc(NCc2ccc(-c3ccccc3)s2)cn1. The summed E-state index contributed by atoms with van der Waals surface area (Å²) in [5.74, 6) is 0.628. The minimum atomic E-state index is 0.628. The Morgan fingerprint density at radius 3 is 2.62 bits per heavy atom. The lowest BCUT2D eigenvalue weighted by Crippen LogP contribution is -1.98. The zero-order valence-corrected chi connectivity index (χ0v) is 12.6. The number of anilines is 1. The first kappa shape index (κ1) is 13.6. The number of nitrogens with zero attached hydrogens (tertiary/aromatic N) is 1. The molecule has 0 fully saturated rings. The van der Waals surface area contributed by atoms with Crippen molar-refractivity contribution in [3.05, 3.63) is 65.7 Å². The van der Waals surface area contributed by atoms with Crippen LogP contribution >= 0.6 is 11.3 Å². The van der Waals surface area contributed by atoms with Gasteiger partial charge in [0.2, 0.25) is 5.88 Å². The van der Waals surface area contributed by atoms with E-state index in [0.29, 0.717) is 5.88 Å². The standard InChI is InChI=1S/C17H16N2OS/c1-20-17-10-7-14(11-19-17)18-12-15-8-9-16(21-15)13-5-3-2-4-6-13/h2-11,18H,12H2,1H3. The maximum absolute atomic E-state index is 5.05. The Morgan fingerprint density at radius 2 is 1.90 bits per heavy atom. The van der Waals surface area contributed by atoms with Gasteiger partial charge in [0.25, 0.3) is 0 Å². The van der Waals surface area contributed by atoms with Crippen LogP contribution in [0.4, 0.5) is 5.69 Å². The molecule has 3 aromatic rings. The van der Waals surface area contributed by atoms with Crippen LogP contribution in [0.1, 0.15) is 4.88 Å². The van der Waals surface area contributed by atoms with E-state index in [1.807, 2.05) is 18.2 Å². The largest absolute Gasteiger partial charge is 0.481 e. The summed E-state index contributed by atoms with van der Waals surface area (Å²) in [7, 11) is 1.62. The molecule has 21 heavy (non-hydrogen) atoms. The van der Waals surface area contributed by atoms with E-state index >= 15 is 0 Å². The van der Waals surface area contributed by atoms with Crippen molar-refractivity contribution in [3.8, 4) is 16.3 Å². The molecule has 1 aromatic carbocycles. The van der Waals surface area contributed by atoms with Gasteiger partial charge in [0.1, 0.15) is 0 Å². The van der Waals surface area contributed by atoms with Gasteiger partial charge in [-0.15, -0.1) is 11.3 Å². The van der Waals surface area contributed by atoms with Gasteiger partial charge in [0, 0.05) is 22.4 Å². The molecule has 4 heteroatoms. The highest BCUT2D eigenvalue weighted by Crippen LogP contribution is 2.28. The average molecular weight is 296 g/mol. The normalized spacial score (nSPS) is 10.3. The first-order valence-corrected chi connectivity index (χ1v) is 7.55. The van der Waals surface area contributed by atoms with Gasteiger partial charge in [-0.2, -0.15) is 0 Å². The number of rotatable bonds is 5. The fraction of sp³-hybridized carbons (Fsp3) is 0.118. The first-order chi connectivity index (χ1) is 10.3. The fourth-order valence-corrected chi connectivity index (χ4v) is 2.98. The molecule has 2 aromatic heterocycles. The van der Waals surface area contributed by atoms with Gasteiger partial charge in [-0.1, -0.05) is 30.3 Å². The summed E-state index contributed by atoms with van der Waals surface area (Å²) in [6.45, 7) is 0.797. The van der Waals surface area contributed by atoms with Gasteiger partial charge in [0.15, 0.2) is 0 Å². The van der Waals surface area contributed by atoms with Gasteiger partial charge < -0.3 is 10.1 Å². The quantitative estimate of drug-likeness (QED) is 0.756. The van der Waals surface area contributed by atoms with E-state index in [1.165, 1.54) is 15.3 Å². The number of benzene rings is 1.